The Hall–Kier alpha value is -3.74. The van der Waals surface area contributed by atoms with Crippen LogP contribution in [-0.4, -0.2) is 36.9 Å². The van der Waals surface area contributed by atoms with Gasteiger partial charge in [0.05, 0.1) is 0 Å². The van der Waals surface area contributed by atoms with Crippen LogP contribution in [0.25, 0.3) is 0 Å². The van der Waals surface area contributed by atoms with Gasteiger partial charge in [0, 0.05) is 24.7 Å². The number of likely N-dealkylation sites (N-methyl/N-ethyl adjacent to an activating group) is 1. The molecule has 0 aliphatic rings. The average Bonchev–Trinajstić information content (AvgIpc) is 2.79. The van der Waals surface area contributed by atoms with Crippen LogP contribution < -0.4 is 9.47 Å². The fourth-order valence-corrected chi connectivity index (χ4v) is 2.85. The second-order valence-corrected chi connectivity index (χ2v) is 6.78. The number of ether oxygens (including phenoxy) is 2. The summed E-state index contributed by atoms with van der Waals surface area (Å²) >= 11 is 0. The maximum Gasteiger partial charge on any atom is 0.387 e. The van der Waals surface area contributed by atoms with E-state index in [1.165, 1.54) is 17.0 Å². The Morgan fingerprint density at radius 3 is 2.03 bits per heavy atom. The first-order chi connectivity index (χ1) is 14.9. The molecule has 3 aromatic rings. The molecule has 7 heteroatoms. The Bertz CT molecular complexity index is 1010. The van der Waals surface area contributed by atoms with Crippen molar-refractivity contribution >= 4 is 11.7 Å². The van der Waals surface area contributed by atoms with Crippen LogP contribution in [-0.2, 0) is 11.3 Å². The summed E-state index contributed by atoms with van der Waals surface area (Å²) in [5, 5.41) is 0. The van der Waals surface area contributed by atoms with E-state index in [1.54, 1.807) is 67.7 Å². The van der Waals surface area contributed by atoms with Gasteiger partial charge in [-0.1, -0.05) is 42.5 Å². The summed E-state index contributed by atoms with van der Waals surface area (Å²) in [4.78, 5) is 26.2. The third-order valence-electron chi connectivity index (χ3n) is 4.51. The molecule has 0 aliphatic carbocycles. The quantitative estimate of drug-likeness (QED) is 0.472. The molecule has 0 heterocycles. The number of nitrogens with zero attached hydrogens (tertiary/aromatic N) is 1. The van der Waals surface area contributed by atoms with Crippen molar-refractivity contribution in [2.75, 3.05) is 13.7 Å². The molecule has 0 fully saturated rings. The number of ketones is 1. The number of hydrogen-bond donors (Lipinski definition) is 0. The molecule has 0 unspecified atom stereocenters. The van der Waals surface area contributed by atoms with Crippen molar-refractivity contribution in [3.05, 3.63) is 95.6 Å². The van der Waals surface area contributed by atoms with Crippen molar-refractivity contribution in [2.45, 2.75) is 13.2 Å². The van der Waals surface area contributed by atoms with Crippen molar-refractivity contribution in [3.63, 3.8) is 0 Å². The first-order valence-electron chi connectivity index (χ1n) is 9.52. The fourth-order valence-electron chi connectivity index (χ4n) is 2.85. The average molecular weight is 425 g/mol. The summed E-state index contributed by atoms with van der Waals surface area (Å²) in [6.45, 7) is -2.76. The molecule has 0 N–H and O–H groups in total. The minimum absolute atomic E-state index is 0.0604. The molecule has 0 aliphatic heterocycles. The van der Waals surface area contributed by atoms with Crippen LogP contribution in [0.15, 0.2) is 78.9 Å². The summed E-state index contributed by atoms with van der Waals surface area (Å²) in [6.07, 6.45) is 0. The first-order valence-corrected chi connectivity index (χ1v) is 9.52. The van der Waals surface area contributed by atoms with Crippen LogP contribution in [0.2, 0.25) is 0 Å². The topological polar surface area (TPSA) is 55.8 Å². The van der Waals surface area contributed by atoms with Gasteiger partial charge in [0.1, 0.15) is 11.5 Å². The van der Waals surface area contributed by atoms with Crippen LogP contribution in [0, 0.1) is 0 Å². The molecule has 5 nitrogen and oxygen atoms in total. The van der Waals surface area contributed by atoms with E-state index in [-0.39, 0.29) is 24.0 Å². The molecule has 0 saturated carbocycles. The van der Waals surface area contributed by atoms with Gasteiger partial charge in [-0.15, -0.1) is 0 Å². The number of benzene rings is 3. The molecule has 1 amide bonds. The van der Waals surface area contributed by atoms with E-state index in [2.05, 4.69) is 4.74 Å². The fraction of sp³-hybridized carbons (Fsp3) is 0.167. The third-order valence-corrected chi connectivity index (χ3v) is 4.51. The standard InChI is InChI=1S/C24H21F2NO4/c1-27(15-17-7-11-21(12-8-17)31-24(25)26)22(28)16-30-20-13-9-19(10-14-20)23(29)18-5-3-2-4-6-18/h2-14,24H,15-16H2,1H3. The maximum atomic E-state index is 12.4. The zero-order valence-electron chi connectivity index (χ0n) is 16.8. The summed E-state index contributed by atoms with van der Waals surface area (Å²) in [6, 6.07) is 21.6. The molecule has 0 saturated heterocycles. The molecule has 0 aromatic heterocycles. The van der Waals surface area contributed by atoms with Crippen molar-refractivity contribution in [2.24, 2.45) is 0 Å². The predicted octanol–water partition coefficient (Wildman–Crippen LogP) is 4.56. The first kappa shape index (κ1) is 22.0. The lowest BCUT2D eigenvalue weighted by Crippen LogP contribution is -2.30. The van der Waals surface area contributed by atoms with Gasteiger partial charge < -0.3 is 14.4 Å². The van der Waals surface area contributed by atoms with Crippen LogP contribution >= 0.6 is 0 Å². The molecular formula is C24H21F2NO4. The molecule has 0 bridgehead atoms. The van der Waals surface area contributed by atoms with Crippen molar-refractivity contribution in [1.82, 2.24) is 4.90 Å². The van der Waals surface area contributed by atoms with E-state index in [4.69, 9.17) is 4.74 Å². The van der Waals surface area contributed by atoms with Gasteiger partial charge in [0.2, 0.25) is 0 Å². The second-order valence-electron chi connectivity index (χ2n) is 6.78. The number of hydrogen-bond acceptors (Lipinski definition) is 4. The van der Waals surface area contributed by atoms with Gasteiger partial charge in [-0.25, -0.2) is 0 Å². The lowest BCUT2D eigenvalue weighted by Gasteiger charge is -2.18. The number of carbonyl (C=O) groups excluding carboxylic acids is 2. The lowest BCUT2D eigenvalue weighted by molar-refractivity contribution is -0.132. The third kappa shape index (κ3) is 6.37. The van der Waals surface area contributed by atoms with Gasteiger partial charge in [0.15, 0.2) is 12.4 Å². The molecule has 0 radical (unpaired) electrons. The molecule has 0 atom stereocenters. The zero-order valence-corrected chi connectivity index (χ0v) is 16.8. The van der Waals surface area contributed by atoms with Gasteiger partial charge in [0.25, 0.3) is 5.91 Å². The van der Waals surface area contributed by atoms with Crippen molar-refractivity contribution in [1.29, 1.82) is 0 Å². The number of amides is 1. The highest BCUT2D eigenvalue weighted by atomic mass is 19.3. The van der Waals surface area contributed by atoms with Gasteiger partial charge in [-0.3, -0.25) is 9.59 Å². The molecule has 3 aromatic carbocycles. The van der Waals surface area contributed by atoms with Crippen LogP contribution in [0.3, 0.4) is 0 Å². The van der Waals surface area contributed by atoms with Crippen molar-refractivity contribution < 1.29 is 27.8 Å². The SMILES string of the molecule is CN(Cc1ccc(OC(F)F)cc1)C(=O)COc1ccc(C(=O)c2ccccc2)cc1. The largest absolute Gasteiger partial charge is 0.484 e. The minimum Gasteiger partial charge on any atom is -0.484 e. The molecule has 0 spiro atoms. The van der Waals surface area contributed by atoms with Gasteiger partial charge in [-0.2, -0.15) is 8.78 Å². The summed E-state index contributed by atoms with van der Waals surface area (Å²) in [5.74, 6) is 0.190. The Labute approximate surface area is 178 Å². The normalized spacial score (nSPS) is 10.6. The highest BCUT2D eigenvalue weighted by Crippen LogP contribution is 2.17. The Balaban J connectivity index is 1.50. The summed E-state index contributed by atoms with van der Waals surface area (Å²) in [7, 11) is 1.62. The maximum absolute atomic E-state index is 12.4. The minimum atomic E-state index is -2.88. The summed E-state index contributed by atoms with van der Waals surface area (Å²) < 4.78 is 34.2. The van der Waals surface area contributed by atoms with E-state index >= 15 is 0 Å². The highest BCUT2D eigenvalue weighted by molar-refractivity contribution is 6.08. The Morgan fingerprint density at radius 1 is 0.839 bits per heavy atom. The van der Waals surface area contributed by atoms with Crippen molar-refractivity contribution in [3.8, 4) is 11.5 Å². The van der Waals surface area contributed by atoms with Crippen LogP contribution in [0.1, 0.15) is 21.5 Å². The number of rotatable bonds is 9. The molecule has 3 rings (SSSR count). The van der Waals surface area contributed by atoms with Crippen LogP contribution in [0.5, 0.6) is 11.5 Å². The number of halogens is 2. The van der Waals surface area contributed by atoms with E-state index < -0.39 is 6.61 Å². The Morgan fingerprint density at radius 2 is 1.42 bits per heavy atom. The van der Waals surface area contributed by atoms with E-state index in [9.17, 15) is 18.4 Å². The monoisotopic (exact) mass is 425 g/mol. The molecule has 31 heavy (non-hydrogen) atoms. The lowest BCUT2D eigenvalue weighted by atomic mass is 10.0. The van der Waals surface area contributed by atoms with E-state index in [0.29, 0.717) is 23.4 Å². The zero-order chi connectivity index (χ0) is 22.2. The number of carbonyl (C=O) groups is 2. The van der Waals surface area contributed by atoms with E-state index in [1.807, 2.05) is 6.07 Å². The predicted molar refractivity (Wildman–Crippen MR) is 111 cm³/mol. The van der Waals surface area contributed by atoms with Crippen LogP contribution in [0.4, 0.5) is 8.78 Å². The molecule has 160 valence electrons. The van der Waals surface area contributed by atoms with E-state index in [0.717, 1.165) is 5.56 Å². The smallest absolute Gasteiger partial charge is 0.387 e. The second kappa shape index (κ2) is 10.3. The highest BCUT2D eigenvalue weighted by Gasteiger charge is 2.12. The van der Waals surface area contributed by atoms with Gasteiger partial charge >= 0.3 is 6.61 Å². The van der Waals surface area contributed by atoms with Gasteiger partial charge in [-0.05, 0) is 42.0 Å². The summed E-state index contributed by atoms with van der Waals surface area (Å²) in [5.41, 5.74) is 1.89. The molecular weight excluding hydrogens is 404 g/mol. The Kier molecular flexibility index (Phi) is 7.32. The number of alkyl halides is 2.